The first-order valence-electron chi connectivity index (χ1n) is 10.5. The second-order valence-electron chi connectivity index (χ2n) is 7.95. The molecule has 0 aliphatic carbocycles. The average Bonchev–Trinajstić information content (AvgIpc) is 3.28. The largest absolute Gasteiger partial charge is 0.465 e. The molecule has 0 spiro atoms. The number of nitrogens with two attached hydrogens (primary N) is 1. The van der Waals surface area contributed by atoms with E-state index in [1.54, 1.807) is 19.9 Å². The lowest BCUT2D eigenvalue weighted by atomic mass is 9.84. The first-order chi connectivity index (χ1) is 16.5. The zero-order chi connectivity index (χ0) is 25.5. The van der Waals surface area contributed by atoms with Gasteiger partial charge in [0.25, 0.3) is 0 Å². The van der Waals surface area contributed by atoms with Crippen molar-refractivity contribution in [2.75, 3.05) is 17.7 Å². The van der Waals surface area contributed by atoms with Crippen molar-refractivity contribution in [3.8, 4) is 17.4 Å². The highest BCUT2D eigenvalue weighted by Gasteiger charge is 2.53. The fourth-order valence-corrected chi connectivity index (χ4v) is 3.74. The molecule has 0 saturated heterocycles. The summed E-state index contributed by atoms with van der Waals surface area (Å²) in [5.41, 5.74) is 5.21. The number of nitrogens with one attached hydrogen (secondary N) is 1. The lowest BCUT2D eigenvalue weighted by Crippen LogP contribution is -2.41. The van der Waals surface area contributed by atoms with Crippen molar-refractivity contribution in [2.45, 2.75) is 39.3 Å². The van der Waals surface area contributed by atoms with Gasteiger partial charge in [-0.2, -0.15) is 13.9 Å². The van der Waals surface area contributed by atoms with Crippen LogP contribution in [0.25, 0.3) is 11.5 Å². The zero-order valence-corrected chi connectivity index (χ0v) is 18.9. The number of hydrogen-bond donors (Lipinski definition) is 2. The summed E-state index contributed by atoms with van der Waals surface area (Å²) in [5.74, 6) is -2.79. The van der Waals surface area contributed by atoms with Gasteiger partial charge in [-0.3, -0.25) is 9.59 Å². The summed E-state index contributed by atoms with van der Waals surface area (Å²) in [6, 6.07) is 5.62. The number of nitrogens with zero attached hydrogens (tertiary/aromatic N) is 4. The number of ether oxygens (including phenoxy) is 2. The number of aromatic nitrogens is 4. The molecule has 3 aromatic rings. The summed E-state index contributed by atoms with van der Waals surface area (Å²) in [6.07, 6.45) is 0. The molecule has 184 valence electrons. The van der Waals surface area contributed by atoms with Gasteiger partial charge in [-0.1, -0.05) is 12.1 Å². The van der Waals surface area contributed by atoms with Crippen molar-refractivity contribution in [1.82, 2.24) is 19.7 Å². The molecule has 1 aliphatic rings. The Labute approximate surface area is 197 Å². The minimum atomic E-state index is -3.17. The van der Waals surface area contributed by atoms with Crippen molar-refractivity contribution >= 4 is 23.5 Å². The number of aryl methyl sites for hydroxylation is 1. The van der Waals surface area contributed by atoms with Crippen LogP contribution in [0, 0.1) is 12.7 Å². The molecule has 13 heteroatoms. The molecule has 3 heterocycles. The minimum Gasteiger partial charge on any atom is -0.465 e. The third kappa shape index (κ3) is 4.24. The van der Waals surface area contributed by atoms with Gasteiger partial charge < -0.3 is 20.5 Å². The third-order valence-corrected chi connectivity index (χ3v) is 5.52. The molecule has 0 saturated carbocycles. The lowest BCUT2D eigenvalue weighted by Gasteiger charge is -2.20. The molecule has 35 heavy (non-hydrogen) atoms. The maximum Gasteiger partial charge on any atom is 0.388 e. The normalized spacial score (nSPS) is 16.8. The Balaban J connectivity index is 1.76. The van der Waals surface area contributed by atoms with Crippen molar-refractivity contribution in [3.63, 3.8) is 0 Å². The van der Waals surface area contributed by atoms with Crippen LogP contribution < -0.4 is 15.8 Å². The average molecular weight is 490 g/mol. The van der Waals surface area contributed by atoms with Crippen LogP contribution >= 0.6 is 0 Å². The van der Waals surface area contributed by atoms with Crippen LogP contribution in [0.5, 0.6) is 5.88 Å². The van der Waals surface area contributed by atoms with E-state index in [1.807, 2.05) is 0 Å². The number of esters is 1. The Hall–Kier alpha value is -4.16. The Morgan fingerprint density at radius 3 is 2.69 bits per heavy atom. The lowest BCUT2D eigenvalue weighted by molar-refractivity contribution is -0.152. The fourth-order valence-electron chi connectivity index (χ4n) is 3.74. The van der Waals surface area contributed by atoms with Gasteiger partial charge in [-0.05, 0) is 32.4 Å². The van der Waals surface area contributed by atoms with Gasteiger partial charge in [0, 0.05) is 11.6 Å². The Morgan fingerprint density at radius 1 is 1.29 bits per heavy atom. The Morgan fingerprint density at radius 2 is 2.03 bits per heavy atom. The van der Waals surface area contributed by atoms with Crippen LogP contribution in [-0.2, 0) is 26.3 Å². The minimum absolute atomic E-state index is 0.0262. The zero-order valence-electron chi connectivity index (χ0n) is 18.9. The molecule has 2 aromatic heterocycles. The predicted octanol–water partition coefficient (Wildman–Crippen LogP) is 2.79. The second kappa shape index (κ2) is 8.89. The van der Waals surface area contributed by atoms with Gasteiger partial charge in [0.05, 0.1) is 18.7 Å². The molecule has 1 unspecified atom stereocenters. The topological polar surface area (TPSA) is 134 Å². The number of hydrogen-bond acceptors (Lipinski definition) is 8. The van der Waals surface area contributed by atoms with E-state index in [9.17, 15) is 22.8 Å². The standard InChI is InChI=1S/C22H21F3N6O4/c1-4-34-20(33)22(3)15-16(26)27-17(28-18(15)29-19(22)32)13-8-14(35-21(24)25)31(30-13)9-11-6-5-10(2)7-12(11)23/h5-8,21H,4,9H2,1-3H3,(H3,26,27,28,29,32). The quantitative estimate of drug-likeness (QED) is 0.381. The summed E-state index contributed by atoms with van der Waals surface area (Å²) in [5, 5.41) is 6.66. The number of carbonyl (C=O) groups is 2. The Bertz CT molecular complexity index is 1330. The van der Waals surface area contributed by atoms with Crippen LogP contribution in [0.4, 0.5) is 24.8 Å². The highest BCUT2D eigenvalue weighted by molar-refractivity contribution is 6.19. The van der Waals surface area contributed by atoms with Crippen LogP contribution in [-0.4, -0.2) is 44.8 Å². The molecule has 1 amide bonds. The van der Waals surface area contributed by atoms with E-state index in [-0.39, 0.29) is 53.3 Å². The summed E-state index contributed by atoms with van der Waals surface area (Å²) in [4.78, 5) is 33.5. The molecule has 3 N–H and O–H groups in total. The monoisotopic (exact) mass is 490 g/mol. The smallest absolute Gasteiger partial charge is 0.388 e. The van der Waals surface area contributed by atoms with Gasteiger partial charge in [0.1, 0.15) is 23.1 Å². The summed E-state index contributed by atoms with van der Waals surface area (Å²) < 4.78 is 51.0. The highest BCUT2D eigenvalue weighted by atomic mass is 19.3. The fraction of sp³-hybridized carbons (Fsp3) is 0.318. The molecule has 0 bridgehead atoms. The molecule has 0 radical (unpaired) electrons. The number of benzene rings is 1. The van der Waals surface area contributed by atoms with Crippen LogP contribution in [0.15, 0.2) is 24.3 Å². The summed E-state index contributed by atoms with van der Waals surface area (Å²) >= 11 is 0. The van der Waals surface area contributed by atoms with Gasteiger partial charge in [0.15, 0.2) is 11.2 Å². The number of carbonyl (C=O) groups excluding carboxylic acids is 2. The number of fused-ring (bicyclic) bond motifs is 1. The maximum absolute atomic E-state index is 14.3. The molecule has 0 fully saturated rings. The van der Waals surface area contributed by atoms with E-state index in [0.717, 1.165) is 10.7 Å². The van der Waals surface area contributed by atoms with E-state index in [1.165, 1.54) is 19.1 Å². The number of alkyl halides is 2. The van der Waals surface area contributed by atoms with Gasteiger partial charge in [0.2, 0.25) is 11.8 Å². The first kappa shape index (κ1) is 24.0. The second-order valence-corrected chi connectivity index (χ2v) is 7.95. The van der Waals surface area contributed by atoms with Crippen molar-refractivity contribution < 1.29 is 32.2 Å². The maximum atomic E-state index is 14.3. The predicted molar refractivity (Wildman–Crippen MR) is 117 cm³/mol. The number of rotatable bonds is 7. The van der Waals surface area contributed by atoms with E-state index in [4.69, 9.17) is 10.5 Å². The van der Waals surface area contributed by atoms with Crippen LogP contribution in [0.3, 0.4) is 0 Å². The molecule has 1 aromatic carbocycles. The highest BCUT2D eigenvalue weighted by Crippen LogP contribution is 2.41. The number of nitrogen functional groups attached to an aromatic ring is 1. The van der Waals surface area contributed by atoms with Gasteiger partial charge in [-0.25, -0.2) is 19.0 Å². The van der Waals surface area contributed by atoms with Crippen LogP contribution in [0.2, 0.25) is 0 Å². The van der Waals surface area contributed by atoms with E-state index in [0.29, 0.717) is 5.56 Å². The molecular weight excluding hydrogens is 469 g/mol. The molecule has 1 aliphatic heterocycles. The van der Waals surface area contributed by atoms with Gasteiger partial charge >= 0.3 is 12.6 Å². The molecular formula is C22H21F3N6O4. The SMILES string of the molecule is CCOC(=O)C1(C)C(=O)Nc2nc(-c3cc(OC(F)F)n(Cc4ccc(C)cc4F)n3)nc(N)c21. The van der Waals surface area contributed by atoms with Crippen molar-refractivity contribution in [1.29, 1.82) is 0 Å². The number of anilines is 2. The summed E-state index contributed by atoms with van der Waals surface area (Å²) in [6.45, 7) is 1.30. The van der Waals surface area contributed by atoms with E-state index >= 15 is 0 Å². The van der Waals surface area contributed by atoms with Crippen molar-refractivity contribution in [3.05, 3.63) is 46.8 Å². The van der Waals surface area contributed by atoms with E-state index < -0.39 is 29.7 Å². The summed E-state index contributed by atoms with van der Waals surface area (Å²) in [7, 11) is 0. The molecule has 10 nitrogen and oxygen atoms in total. The first-order valence-corrected chi connectivity index (χ1v) is 10.5. The van der Waals surface area contributed by atoms with Gasteiger partial charge in [-0.15, -0.1) is 0 Å². The molecule has 4 rings (SSSR count). The molecule has 1 atom stereocenters. The Kier molecular flexibility index (Phi) is 6.09. The number of amides is 1. The van der Waals surface area contributed by atoms with Crippen molar-refractivity contribution in [2.24, 2.45) is 0 Å². The third-order valence-electron chi connectivity index (χ3n) is 5.52. The van der Waals surface area contributed by atoms with Crippen LogP contribution in [0.1, 0.15) is 30.5 Å². The number of halogens is 3. The van der Waals surface area contributed by atoms with E-state index in [2.05, 4.69) is 25.1 Å².